The van der Waals surface area contributed by atoms with Gasteiger partial charge >= 0.3 is 41.8 Å². The van der Waals surface area contributed by atoms with E-state index in [-0.39, 0.29) is 72.5 Å². The Morgan fingerprint density at radius 1 is 0.864 bits per heavy atom. The number of nitrogen functional groups attached to an aromatic ring is 1. The van der Waals surface area contributed by atoms with Gasteiger partial charge in [-0.1, -0.05) is 69.9 Å². The van der Waals surface area contributed by atoms with E-state index < -0.39 is 113 Å². The fourth-order valence-electron chi connectivity index (χ4n) is 10.8. The number of ether oxygens (including phenoxy) is 6. The lowest BCUT2D eigenvalue weighted by atomic mass is 9.75. The zero-order valence-corrected chi connectivity index (χ0v) is 47.0. The number of carbonyl (C=O) groups excluding carboxylic acids is 7. The summed E-state index contributed by atoms with van der Waals surface area (Å²) in [5, 5.41) is 34.3. The fourth-order valence-corrected chi connectivity index (χ4v) is 10.8. The van der Waals surface area contributed by atoms with Crippen molar-refractivity contribution >= 4 is 64.7 Å². The van der Waals surface area contributed by atoms with Gasteiger partial charge in [-0.25, -0.2) is 19.6 Å². The molecule has 9 atom stereocenters. The normalized spacial score (nSPS) is 24.5. The Labute approximate surface area is 468 Å². The number of aryl methyl sites for hydroxylation is 2. The number of carbonyl (C=O) groups is 8. The largest absolute Gasteiger partial charge is 0.481 e. The van der Waals surface area contributed by atoms with Crippen LogP contribution in [-0.2, 0) is 74.8 Å². The molecule has 6 rings (SSSR count). The van der Waals surface area contributed by atoms with Crippen LogP contribution in [0.1, 0.15) is 166 Å². The van der Waals surface area contributed by atoms with Crippen LogP contribution in [0.3, 0.4) is 0 Å². The van der Waals surface area contributed by atoms with Crippen molar-refractivity contribution in [3.8, 4) is 0 Å². The zero-order valence-electron chi connectivity index (χ0n) is 47.0. The van der Waals surface area contributed by atoms with Crippen molar-refractivity contribution in [3.05, 3.63) is 80.4 Å². The van der Waals surface area contributed by atoms with Crippen molar-refractivity contribution in [1.82, 2.24) is 19.9 Å². The number of esters is 6. The van der Waals surface area contributed by atoms with Crippen LogP contribution in [-0.4, -0.2) is 131 Å². The molecule has 2 fully saturated rings. The number of nitrogens with one attached hydrogen (secondary N) is 1. The number of allylic oxidation sites excluding steroid dienone is 1. The van der Waals surface area contributed by atoms with E-state index >= 15 is 0 Å². The maximum atomic E-state index is 14.0. The van der Waals surface area contributed by atoms with E-state index in [1.54, 1.807) is 30.3 Å². The first-order valence-electron chi connectivity index (χ1n) is 27.7. The predicted molar refractivity (Wildman–Crippen MR) is 288 cm³/mol. The van der Waals surface area contributed by atoms with Gasteiger partial charge in [0.15, 0.2) is 46.5 Å². The van der Waals surface area contributed by atoms with Gasteiger partial charge in [-0.05, 0) is 95.8 Å². The van der Waals surface area contributed by atoms with Gasteiger partial charge in [0.05, 0.1) is 30.3 Å². The SMILES string of the molecule is CCCCCCC(=O)O[C@H]1C2C(=C(C)[C@@H]1OC(=O)/C(C)=C\CCCCOC(=O)CC[C@H](CC(=O)c1ccc(CCc3cnc4nc(N)[nH]c(=O)c4n3)cc1)C(=O)O)[C@@H]1OC(=O)[C@](C)(O)[C@@]1(O)[C@@H](OC(=O)CCCC)C[C@]2(C)OC(C)=O. The number of anilines is 1. The Kier molecular flexibility index (Phi) is 21.2. The van der Waals surface area contributed by atoms with Crippen molar-refractivity contribution in [2.24, 2.45) is 11.8 Å². The first-order chi connectivity index (χ1) is 38.3. The predicted octanol–water partition coefficient (Wildman–Crippen LogP) is 5.77. The lowest BCUT2D eigenvalue weighted by Gasteiger charge is -2.41. The zero-order chi connectivity index (χ0) is 59.4. The second kappa shape index (κ2) is 27.4. The van der Waals surface area contributed by atoms with Crippen LogP contribution in [0.5, 0.6) is 0 Å². The number of aromatic nitrogens is 4. The van der Waals surface area contributed by atoms with E-state index in [0.29, 0.717) is 62.6 Å². The molecule has 2 aromatic heterocycles. The van der Waals surface area contributed by atoms with E-state index in [4.69, 9.17) is 34.2 Å². The van der Waals surface area contributed by atoms with Crippen LogP contribution in [0.4, 0.5) is 5.95 Å². The first-order valence-corrected chi connectivity index (χ1v) is 27.7. The number of aromatic amines is 1. The summed E-state index contributed by atoms with van der Waals surface area (Å²) in [6.07, 6.45) is 1.70. The number of aliphatic carboxylic acids is 1. The van der Waals surface area contributed by atoms with Gasteiger partial charge in [0, 0.05) is 50.2 Å². The van der Waals surface area contributed by atoms with E-state index in [9.17, 15) is 58.5 Å². The summed E-state index contributed by atoms with van der Waals surface area (Å²) < 4.78 is 35.3. The molecule has 3 aromatic rings. The summed E-state index contributed by atoms with van der Waals surface area (Å²) in [7, 11) is 0. The number of carboxylic acid groups (broad SMARTS) is 1. The molecule has 81 heavy (non-hydrogen) atoms. The van der Waals surface area contributed by atoms with Gasteiger partial charge < -0.3 is 49.5 Å². The van der Waals surface area contributed by atoms with Crippen LogP contribution in [0.25, 0.3) is 11.2 Å². The van der Waals surface area contributed by atoms with Gasteiger partial charge in [0.2, 0.25) is 5.95 Å². The second-order valence-electron chi connectivity index (χ2n) is 21.6. The Morgan fingerprint density at radius 2 is 1.56 bits per heavy atom. The van der Waals surface area contributed by atoms with Gasteiger partial charge in [0.25, 0.3) is 5.56 Å². The molecule has 6 N–H and O–H groups in total. The van der Waals surface area contributed by atoms with Gasteiger partial charge in [-0.15, -0.1) is 0 Å². The monoisotopic (exact) mass is 1130 g/mol. The summed E-state index contributed by atoms with van der Waals surface area (Å²) >= 11 is 0. The molecule has 1 aromatic carbocycles. The number of fused-ring (bicyclic) bond motifs is 4. The van der Waals surface area contributed by atoms with E-state index in [0.717, 1.165) is 38.7 Å². The highest BCUT2D eigenvalue weighted by Crippen LogP contribution is 2.57. The molecule has 0 amide bonds. The second-order valence-corrected chi connectivity index (χ2v) is 21.6. The van der Waals surface area contributed by atoms with Crippen molar-refractivity contribution in [2.75, 3.05) is 12.3 Å². The molecule has 0 bridgehead atoms. The van der Waals surface area contributed by atoms with E-state index in [2.05, 4.69) is 19.9 Å². The molecule has 440 valence electrons. The minimum atomic E-state index is -2.67. The third kappa shape index (κ3) is 14.9. The Morgan fingerprint density at radius 3 is 2.23 bits per heavy atom. The molecule has 23 heteroatoms. The minimum Gasteiger partial charge on any atom is -0.481 e. The molecule has 1 unspecified atom stereocenters. The first kappa shape index (κ1) is 62.8. The van der Waals surface area contributed by atoms with Crippen LogP contribution in [0, 0.1) is 11.8 Å². The number of carboxylic acids is 1. The Balaban J connectivity index is 1.05. The van der Waals surface area contributed by atoms with Crippen LogP contribution in [0.2, 0.25) is 0 Å². The highest BCUT2D eigenvalue weighted by molar-refractivity contribution is 5.98. The van der Waals surface area contributed by atoms with E-state index in [1.807, 2.05) is 13.8 Å². The number of Topliss-reactive ketones (excluding diaryl/α,β-unsaturated/α-hetero) is 1. The molecule has 0 radical (unpaired) electrons. The summed E-state index contributed by atoms with van der Waals surface area (Å²) in [4.78, 5) is 132. The number of H-pyrrole nitrogens is 1. The lowest BCUT2D eigenvalue weighted by Crippen LogP contribution is -2.64. The third-order valence-electron chi connectivity index (χ3n) is 15.3. The molecule has 1 saturated heterocycles. The Hall–Kier alpha value is -7.40. The van der Waals surface area contributed by atoms with Crippen LogP contribution < -0.4 is 11.3 Å². The van der Waals surface area contributed by atoms with Crippen molar-refractivity contribution in [3.63, 3.8) is 0 Å². The van der Waals surface area contributed by atoms with Gasteiger partial charge in [-0.3, -0.25) is 38.5 Å². The number of nitrogens with two attached hydrogens (primary N) is 1. The number of benzene rings is 1. The molecular formula is C58H75N5O18. The van der Waals surface area contributed by atoms with Crippen LogP contribution in [0.15, 0.2) is 58.1 Å². The molecule has 2 aliphatic carbocycles. The number of aliphatic hydroxyl groups is 2. The topological polar surface area (TPSA) is 350 Å². The van der Waals surface area contributed by atoms with Gasteiger partial charge in [0.1, 0.15) is 11.7 Å². The average Bonchev–Trinajstić information content (AvgIpc) is 3.97. The number of ketones is 1. The van der Waals surface area contributed by atoms with Crippen molar-refractivity contribution < 1.29 is 82.1 Å². The molecule has 1 aliphatic heterocycles. The summed E-state index contributed by atoms with van der Waals surface area (Å²) in [5.41, 5.74) is 0.226. The van der Waals surface area contributed by atoms with Crippen molar-refractivity contribution in [2.45, 2.75) is 199 Å². The van der Waals surface area contributed by atoms with Gasteiger partial charge in [-0.2, -0.15) is 4.98 Å². The molecule has 3 aliphatic rings. The summed E-state index contributed by atoms with van der Waals surface area (Å²) in [6.45, 7) is 10.6. The quantitative estimate of drug-likeness (QED) is 0.0144. The standard InChI is InChI=1S/C58H75N5O18/c1-8-10-12-15-19-43(68)78-48-45-44(49-58(75,57(7,74)54(73)80-49)40(77-42(67)18-11-9-2)30-56(45,6)81-34(5)64)33(4)47(48)79-53(72)32(3)17-14-13-16-28-76-41(66)27-25-37(52(70)71)29-39(65)36-23-20-35(21-24-36)22-26-38-31-60-50-46(61-38)51(69)63-55(59)62-50/h17,20-21,23-24,31,37,40,45,47-49,74-75H,8-16,18-19,22,25-30H2,1-7H3,(H,70,71)(H3,59,60,62,63,69)/b32-17-/t37-,40+,45?,47+,48+,49+,56+,57+,58-/m1/s1. The number of hydrogen-bond acceptors (Lipinski definition) is 21. The molecular weight excluding hydrogens is 1050 g/mol. The number of nitrogens with zero attached hydrogens (tertiary/aromatic N) is 3. The Bertz CT molecular complexity index is 2970. The summed E-state index contributed by atoms with van der Waals surface area (Å²) in [5.74, 6) is -9.03. The maximum absolute atomic E-state index is 14.0. The van der Waals surface area contributed by atoms with E-state index in [1.165, 1.54) is 27.0 Å². The number of hydrogen-bond donors (Lipinski definition) is 5. The highest BCUT2D eigenvalue weighted by Gasteiger charge is 2.76. The van der Waals surface area contributed by atoms with Crippen molar-refractivity contribution in [1.29, 1.82) is 0 Å². The third-order valence-corrected chi connectivity index (χ3v) is 15.3. The smallest absolute Gasteiger partial charge is 0.341 e. The lowest BCUT2D eigenvalue weighted by molar-refractivity contribution is -0.212. The summed E-state index contributed by atoms with van der Waals surface area (Å²) in [6, 6.07) is 6.68. The minimum absolute atomic E-state index is 0.0101. The number of unbranched alkanes of at least 4 members (excludes halogenated alkanes) is 6. The molecule has 1 saturated carbocycles. The maximum Gasteiger partial charge on any atom is 0.341 e. The molecule has 23 nitrogen and oxygen atoms in total. The highest BCUT2D eigenvalue weighted by atomic mass is 16.6. The molecule has 3 heterocycles. The number of rotatable bonds is 28. The van der Waals surface area contributed by atoms with Crippen LogP contribution >= 0.6 is 0 Å². The fraction of sp³-hybridized carbons (Fsp3) is 0.586. The molecule has 0 spiro atoms. The average molecular weight is 1130 g/mol.